The summed E-state index contributed by atoms with van der Waals surface area (Å²) in [6.45, 7) is 5.08. The molecule has 1 aromatic rings. The van der Waals surface area contributed by atoms with Gasteiger partial charge in [0.25, 0.3) is 0 Å². The first-order valence-corrected chi connectivity index (χ1v) is 6.88. The lowest BCUT2D eigenvalue weighted by Gasteiger charge is -2.05. The highest BCUT2D eigenvalue weighted by Crippen LogP contribution is 2.60. The van der Waals surface area contributed by atoms with Gasteiger partial charge in [-0.25, -0.2) is 0 Å². The van der Waals surface area contributed by atoms with E-state index in [0.717, 1.165) is 30.2 Å². The van der Waals surface area contributed by atoms with Crippen LogP contribution in [-0.2, 0) is 0 Å². The molecule has 1 aromatic heterocycles. The molecule has 1 heterocycles. The Morgan fingerprint density at radius 2 is 2.00 bits per heavy atom. The second-order valence-electron chi connectivity index (χ2n) is 5.40. The smallest absolute Gasteiger partial charge is 0.233 e. The lowest BCUT2D eigenvalue weighted by molar-refractivity contribution is 0.392. The average molecular weight is 235 g/mol. The quantitative estimate of drug-likeness (QED) is 0.871. The zero-order valence-electron chi connectivity index (χ0n) is 10.6. The predicted octanol–water partition coefficient (Wildman–Crippen LogP) is 2.64. The molecule has 0 saturated heterocycles. The minimum atomic E-state index is 0.169. The van der Waals surface area contributed by atoms with E-state index in [1.807, 2.05) is 0 Å². The van der Waals surface area contributed by atoms with Gasteiger partial charge in [-0.15, -0.1) is 10.2 Å². The summed E-state index contributed by atoms with van der Waals surface area (Å²) in [4.78, 5) is 0. The Hall–Kier alpha value is -0.900. The number of hydrogen-bond donors (Lipinski definition) is 1. The second-order valence-corrected chi connectivity index (χ2v) is 5.40. The van der Waals surface area contributed by atoms with E-state index in [9.17, 15) is 0 Å². The molecule has 2 aliphatic rings. The predicted molar refractivity (Wildman–Crippen MR) is 64.6 cm³/mol. The molecule has 3 rings (SSSR count). The summed E-state index contributed by atoms with van der Waals surface area (Å²) in [6.07, 6.45) is 5.48. The zero-order valence-corrected chi connectivity index (χ0v) is 10.6. The van der Waals surface area contributed by atoms with Crippen LogP contribution in [0.5, 0.6) is 0 Å². The molecule has 0 amide bonds. The Morgan fingerprint density at radius 1 is 1.29 bits per heavy atom. The minimum Gasteiger partial charge on any atom is -0.423 e. The van der Waals surface area contributed by atoms with E-state index < -0.39 is 0 Å². The summed E-state index contributed by atoms with van der Waals surface area (Å²) < 4.78 is 5.83. The standard InChI is InChI=1S/C13H21N3O/c1-3-14-8(2)12-15-16-13(17-12)11-9-6-4-5-7-10(9)11/h8-11,14H,3-7H2,1-2H3. The number of rotatable bonds is 4. The Morgan fingerprint density at radius 3 is 2.65 bits per heavy atom. The molecule has 3 atom stereocenters. The summed E-state index contributed by atoms with van der Waals surface area (Å²) >= 11 is 0. The molecule has 3 unspecified atom stereocenters. The first kappa shape index (κ1) is 11.2. The average Bonchev–Trinajstić information content (AvgIpc) is 2.86. The van der Waals surface area contributed by atoms with Crippen molar-refractivity contribution in [3.05, 3.63) is 11.8 Å². The van der Waals surface area contributed by atoms with Crippen LogP contribution in [-0.4, -0.2) is 16.7 Å². The normalized spacial score (nSPS) is 33.2. The molecule has 17 heavy (non-hydrogen) atoms. The summed E-state index contributed by atoms with van der Waals surface area (Å²) in [5, 5.41) is 11.7. The Kier molecular flexibility index (Phi) is 2.90. The van der Waals surface area contributed by atoms with Crippen LogP contribution < -0.4 is 5.32 Å². The Bertz CT molecular complexity index is 378. The number of nitrogens with one attached hydrogen (secondary N) is 1. The van der Waals surface area contributed by atoms with Crippen LogP contribution in [0.4, 0.5) is 0 Å². The van der Waals surface area contributed by atoms with E-state index in [2.05, 4.69) is 29.4 Å². The summed E-state index contributed by atoms with van der Waals surface area (Å²) in [5.41, 5.74) is 0. The van der Waals surface area contributed by atoms with Gasteiger partial charge in [0.05, 0.1) is 6.04 Å². The van der Waals surface area contributed by atoms with E-state index in [0.29, 0.717) is 5.92 Å². The fourth-order valence-corrected chi connectivity index (χ4v) is 3.31. The maximum absolute atomic E-state index is 5.83. The van der Waals surface area contributed by atoms with E-state index in [1.54, 1.807) is 0 Å². The largest absolute Gasteiger partial charge is 0.423 e. The van der Waals surface area contributed by atoms with Gasteiger partial charge < -0.3 is 9.73 Å². The van der Waals surface area contributed by atoms with E-state index in [4.69, 9.17) is 4.42 Å². The zero-order chi connectivity index (χ0) is 11.8. The number of hydrogen-bond acceptors (Lipinski definition) is 4. The molecular weight excluding hydrogens is 214 g/mol. The number of fused-ring (bicyclic) bond motifs is 1. The van der Waals surface area contributed by atoms with Gasteiger partial charge in [-0.05, 0) is 38.1 Å². The Balaban J connectivity index is 1.69. The van der Waals surface area contributed by atoms with Crippen molar-refractivity contribution >= 4 is 0 Å². The lowest BCUT2D eigenvalue weighted by Crippen LogP contribution is -2.17. The maximum atomic E-state index is 5.83. The molecule has 4 nitrogen and oxygen atoms in total. The van der Waals surface area contributed by atoms with Crippen LogP contribution in [0.15, 0.2) is 4.42 Å². The molecule has 0 aromatic carbocycles. The molecule has 2 fully saturated rings. The van der Waals surface area contributed by atoms with Crippen LogP contribution in [0.3, 0.4) is 0 Å². The van der Waals surface area contributed by atoms with Crippen molar-refractivity contribution in [2.45, 2.75) is 51.5 Å². The topological polar surface area (TPSA) is 51.0 Å². The summed E-state index contributed by atoms with van der Waals surface area (Å²) in [7, 11) is 0. The molecule has 0 spiro atoms. The third-order valence-electron chi connectivity index (χ3n) is 4.28. The van der Waals surface area contributed by atoms with Gasteiger partial charge in [0.15, 0.2) is 0 Å². The number of nitrogens with zero attached hydrogens (tertiary/aromatic N) is 2. The molecule has 2 saturated carbocycles. The second kappa shape index (κ2) is 4.41. The van der Waals surface area contributed by atoms with Gasteiger partial charge in [-0.1, -0.05) is 19.8 Å². The van der Waals surface area contributed by atoms with Gasteiger partial charge in [-0.3, -0.25) is 0 Å². The molecule has 2 aliphatic carbocycles. The first-order chi connectivity index (χ1) is 8.31. The molecule has 4 heteroatoms. The van der Waals surface area contributed by atoms with Crippen molar-refractivity contribution in [2.75, 3.05) is 6.54 Å². The fraction of sp³-hybridized carbons (Fsp3) is 0.846. The van der Waals surface area contributed by atoms with Crippen LogP contribution in [0.25, 0.3) is 0 Å². The van der Waals surface area contributed by atoms with Crippen molar-refractivity contribution < 1.29 is 4.42 Å². The lowest BCUT2D eigenvalue weighted by atomic mass is 10.0. The minimum absolute atomic E-state index is 0.169. The van der Waals surface area contributed by atoms with Crippen molar-refractivity contribution in [3.8, 4) is 0 Å². The highest BCUT2D eigenvalue weighted by Gasteiger charge is 2.54. The highest BCUT2D eigenvalue weighted by atomic mass is 16.4. The van der Waals surface area contributed by atoms with Gasteiger partial charge >= 0.3 is 0 Å². The monoisotopic (exact) mass is 235 g/mol. The summed E-state index contributed by atoms with van der Waals surface area (Å²) in [5.74, 6) is 3.89. The van der Waals surface area contributed by atoms with Crippen molar-refractivity contribution in [1.82, 2.24) is 15.5 Å². The fourth-order valence-electron chi connectivity index (χ4n) is 3.31. The molecule has 94 valence electrons. The van der Waals surface area contributed by atoms with E-state index in [1.165, 1.54) is 25.7 Å². The van der Waals surface area contributed by atoms with E-state index in [-0.39, 0.29) is 6.04 Å². The highest BCUT2D eigenvalue weighted by molar-refractivity contribution is 5.14. The molecule has 0 radical (unpaired) electrons. The van der Waals surface area contributed by atoms with Crippen molar-refractivity contribution in [2.24, 2.45) is 11.8 Å². The van der Waals surface area contributed by atoms with Gasteiger partial charge in [0.1, 0.15) is 0 Å². The molecular formula is C13H21N3O. The van der Waals surface area contributed by atoms with Crippen molar-refractivity contribution in [3.63, 3.8) is 0 Å². The third kappa shape index (κ3) is 1.99. The maximum Gasteiger partial charge on any atom is 0.233 e. The van der Waals surface area contributed by atoms with Crippen LogP contribution in [0.2, 0.25) is 0 Å². The van der Waals surface area contributed by atoms with Crippen molar-refractivity contribution in [1.29, 1.82) is 0 Å². The van der Waals surface area contributed by atoms with Gasteiger partial charge in [-0.2, -0.15) is 0 Å². The van der Waals surface area contributed by atoms with Crippen LogP contribution in [0.1, 0.15) is 63.3 Å². The Labute approximate surface area is 102 Å². The molecule has 0 aliphatic heterocycles. The molecule has 0 bridgehead atoms. The van der Waals surface area contributed by atoms with E-state index >= 15 is 0 Å². The van der Waals surface area contributed by atoms with Gasteiger partial charge in [0.2, 0.25) is 11.8 Å². The third-order valence-corrected chi connectivity index (χ3v) is 4.28. The van der Waals surface area contributed by atoms with Gasteiger partial charge in [0, 0.05) is 5.92 Å². The van der Waals surface area contributed by atoms with Crippen LogP contribution in [0, 0.1) is 11.8 Å². The summed E-state index contributed by atoms with van der Waals surface area (Å²) in [6, 6.07) is 0.169. The first-order valence-electron chi connectivity index (χ1n) is 6.88. The molecule has 1 N–H and O–H groups in total. The number of aromatic nitrogens is 2. The van der Waals surface area contributed by atoms with Crippen LogP contribution >= 0.6 is 0 Å². The SMILES string of the molecule is CCNC(C)c1nnc(C2C3CCCCC32)o1.